The molecule has 0 aliphatic rings. The molecule has 0 fully saturated rings. The Labute approximate surface area is 81.8 Å². The fourth-order valence-corrected chi connectivity index (χ4v) is 2.28. The van der Waals surface area contributed by atoms with E-state index in [-0.39, 0.29) is 0 Å². The summed E-state index contributed by atoms with van der Waals surface area (Å²) in [6.45, 7) is 0. The lowest BCUT2D eigenvalue weighted by molar-refractivity contribution is 0.483. The maximum Gasteiger partial charge on any atom is 0.134 e. The molecule has 1 heterocycles. The number of hydrogen-bond acceptors (Lipinski definition) is 2. The number of rotatable bonds is 0. The zero-order chi connectivity index (χ0) is 7.84. The summed E-state index contributed by atoms with van der Waals surface area (Å²) in [6.07, 6.45) is 0. The van der Waals surface area contributed by atoms with Gasteiger partial charge in [0, 0.05) is 19.0 Å². The lowest BCUT2D eigenvalue weighted by Gasteiger charge is -1.90. The zero-order valence-electron chi connectivity index (χ0n) is 5.54. The second-order valence-electron chi connectivity index (χ2n) is 2.26. The molecule has 0 bridgehead atoms. The Morgan fingerprint density at radius 3 is 3.00 bits per heavy atom. The lowest BCUT2D eigenvalue weighted by atomic mass is 10.2. The van der Waals surface area contributed by atoms with Crippen LogP contribution in [0.5, 0.6) is 5.75 Å². The van der Waals surface area contributed by atoms with Gasteiger partial charge in [0.1, 0.15) is 5.75 Å². The predicted octanol–water partition coefficient (Wildman–Crippen LogP) is 3.21. The van der Waals surface area contributed by atoms with Crippen LogP contribution < -0.4 is 0 Å². The van der Waals surface area contributed by atoms with Gasteiger partial charge in [0.05, 0.1) is 0 Å². The van der Waals surface area contributed by atoms with Crippen LogP contribution in [0.3, 0.4) is 0 Å². The highest BCUT2D eigenvalue weighted by molar-refractivity contribution is 14.1. The minimum absolute atomic E-state index is 0.392. The molecular formula is C8H5IOS. The van der Waals surface area contributed by atoms with Crippen LogP contribution in [-0.2, 0) is 0 Å². The molecule has 1 nitrogen and oxygen atoms in total. The second kappa shape index (κ2) is 2.64. The third kappa shape index (κ3) is 1.22. The Balaban J connectivity index is 2.87. The van der Waals surface area contributed by atoms with Crippen molar-refractivity contribution in [2.75, 3.05) is 0 Å². The molecule has 0 aliphatic carbocycles. The quantitative estimate of drug-likeness (QED) is 0.732. The first-order valence-electron chi connectivity index (χ1n) is 3.13. The average Bonchev–Trinajstić information content (AvgIpc) is 2.33. The van der Waals surface area contributed by atoms with Gasteiger partial charge in [-0.3, -0.25) is 0 Å². The van der Waals surface area contributed by atoms with Gasteiger partial charge in [-0.15, -0.1) is 11.3 Å². The van der Waals surface area contributed by atoms with E-state index in [2.05, 4.69) is 22.6 Å². The van der Waals surface area contributed by atoms with Gasteiger partial charge in [0.15, 0.2) is 0 Å². The van der Waals surface area contributed by atoms with Crippen molar-refractivity contribution < 1.29 is 5.11 Å². The fraction of sp³-hybridized carbons (Fsp3) is 0. The van der Waals surface area contributed by atoms with E-state index in [1.165, 1.54) is 0 Å². The highest BCUT2D eigenvalue weighted by atomic mass is 127. The molecular weight excluding hydrogens is 271 g/mol. The highest BCUT2D eigenvalue weighted by Crippen LogP contribution is 2.31. The van der Waals surface area contributed by atoms with Gasteiger partial charge in [0.25, 0.3) is 0 Å². The van der Waals surface area contributed by atoms with Crippen LogP contribution in [0.4, 0.5) is 0 Å². The number of aromatic hydroxyl groups is 1. The Hall–Kier alpha value is -0.290. The van der Waals surface area contributed by atoms with Crippen molar-refractivity contribution in [3.63, 3.8) is 0 Å². The first kappa shape index (κ1) is 7.36. The maximum absolute atomic E-state index is 9.34. The lowest BCUT2D eigenvalue weighted by Crippen LogP contribution is -1.67. The number of halogens is 1. The van der Waals surface area contributed by atoms with Gasteiger partial charge in [0.2, 0.25) is 0 Å². The van der Waals surface area contributed by atoms with Crippen LogP contribution in [0.25, 0.3) is 10.1 Å². The van der Waals surface area contributed by atoms with Gasteiger partial charge in [-0.05, 0) is 40.8 Å². The van der Waals surface area contributed by atoms with Crippen LogP contribution >= 0.6 is 33.9 Å². The minimum atomic E-state index is 0.392. The Morgan fingerprint density at radius 1 is 1.36 bits per heavy atom. The smallest absolute Gasteiger partial charge is 0.134 e. The molecule has 0 saturated carbocycles. The monoisotopic (exact) mass is 276 g/mol. The van der Waals surface area contributed by atoms with Gasteiger partial charge in [-0.2, -0.15) is 0 Å². The van der Waals surface area contributed by atoms with Gasteiger partial charge in [-0.1, -0.05) is 0 Å². The normalized spacial score (nSPS) is 10.6. The molecule has 0 saturated heterocycles. The van der Waals surface area contributed by atoms with Crippen LogP contribution in [0, 0.1) is 3.57 Å². The summed E-state index contributed by atoms with van der Waals surface area (Å²) in [5.41, 5.74) is 0. The molecule has 1 N–H and O–H groups in total. The zero-order valence-corrected chi connectivity index (χ0v) is 8.52. The number of thiophene rings is 1. The van der Waals surface area contributed by atoms with E-state index in [4.69, 9.17) is 0 Å². The molecule has 0 aliphatic heterocycles. The molecule has 0 atom stereocenters. The van der Waals surface area contributed by atoms with Crippen LogP contribution in [0.1, 0.15) is 0 Å². The third-order valence-electron chi connectivity index (χ3n) is 1.52. The van der Waals surface area contributed by atoms with Crippen LogP contribution in [0.15, 0.2) is 23.6 Å². The van der Waals surface area contributed by atoms with Crippen molar-refractivity contribution >= 4 is 44.0 Å². The van der Waals surface area contributed by atoms with E-state index in [0.717, 1.165) is 13.7 Å². The molecule has 56 valence electrons. The Morgan fingerprint density at radius 2 is 2.18 bits per heavy atom. The van der Waals surface area contributed by atoms with Crippen molar-refractivity contribution in [2.45, 2.75) is 0 Å². The Kier molecular flexibility index (Phi) is 1.77. The molecule has 1 aromatic carbocycles. The number of benzene rings is 1. The minimum Gasteiger partial charge on any atom is -0.506 e. The van der Waals surface area contributed by atoms with E-state index in [9.17, 15) is 5.11 Å². The molecule has 3 heteroatoms. The third-order valence-corrected chi connectivity index (χ3v) is 3.14. The standard InChI is InChI=1S/C8H5IOS/c9-5-1-2-8-6(3-5)7(10)4-11-8/h1-4,10H. The van der Waals surface area contributed by atoms with Crippen molar-refractivity contribution in [2.24, 2.45) is 0 Å². The van der Waals surface area contributed by atoms with E-state index < -0.39 is 0 Å². The summed E-state index contributed by atoms with van der Waals surface area (Å²) in [5, 5.41) is 12.1. The van der Waals surface area contributed by atoms with Crippen molar-refractivity contribution in [1.29, 1.82) is 0 Å². The van der Waals surface area contributed by atoms with Crippen molar-refractivity contribution in [3.8, 4) is 5.75 Å². The van der Waals surface area contributed by atoms with E-state index in [0.29, 0.717) is 5.75 Å². The molecule has 2 aromatic rings. The molecule has 0 spiro atoms. The summed E-state index contributed by atoms with van der Waals surface area (Å²) in [4.78, 5) is 0. The van der Waals surface area contributed by atoms with Gasteiger partial charge < -0.3 is 5.11 Å². The van der Waals surface area contributed by atoms with Crippen LogP contribution in [0.2, 0.25) is 0 Å². The molecule has 0 unspecified atom stereocenters. The summed E-state index contributed by atoms with van der Waals surface area (Å²) in [5.74, 6) is 0.392. The summed E-state index contributed by atoms with van der Waals surface area (Å²) in [7, 11) is 0. The topological polar surface area (TPSA) is 20.2 Å². The number of hydrogen-bond donors (Lipinski definition) is 1. The molecule has 0 amide bonds. The molecule has 0 radical (unpaired) electrons. The van der Waals surface area contributed by atoms with Gasteiger partial charge in [-0.25, -0.2) is 0 Å². The first-order chi connectivity index (χ1) is 5.27. The van der Waals surface area contributed by atoms with Crippen molar-refractivity contribution in [1.82, 2.24) is 0 Å². The molecule has 11 heavy (non-hydrogen) atoms. The molecule has 1 aromatic heterocycles. The summed E-state index contributed by atoms with van der Waals surface area (Å²) >= 11 is 3.80. The second-order valence-corrected chi connectivity index (χ2v) is 4.42. The Bertz CT molecular complexity index is 394. The average molecular weight is 276 g/mol. The van der Waals surface area contributed by atoms with E-state index >= 15 is 0 Å². The van der Waals surface area contributed by atoms with Crippen LogP contribution in [-0.4, -0.2) is 5.11 Å². The largest absolute Gasteiger partial charge is 0.506 e. The van der Waals surface area contributed by atoms with Gasteiger partial charge >= 0.3 is 0 Å². The van der Waals surface area contributed by atoms with Crippen molar-refractivity contribution in [3.05, 3.63) is 27.1 Å². The predicted molar refractivity (Wildman–Crippen MR) is 56.2 cm³/mol. The van der Waals surface area contributed by atoms with E-state index in [1.54, 1.807) is 16.7 Å². The number of fused-ring (bicyclic) bond motifs is 1. The van der Waals surface area contributed by atoms with E-state index in [1.807, 2.05) is 18.2 Å². The summed E-state index contributed by atoms with van der Waals surface area (Å²) < 4.78 is 2.30. The first-order valence-corrected chi connectivity index (χ1v) is 5.09. The fourth-order valence-electron chi connectivity index (χ4n) is 0.988. The highest BCUT2D eigenvalue weighted by Gasteiger charge is 2.01. The maximum atomic E-state index is 9.34. The summed E-state index contributed by atoms with van der Waals surface area (Å²) in [6, 6.07) is 6.06. The SMILES string of the molecule is Oc1csc2ccc(I)cc12. The molecule has 2 rings (SSSR count).